The first-order valence-electron chi connectivity index (χ1n) is 10.9. The van der Waals surface area contributed by atoms with E-state index in [2.05, 4.69) is 52.6 Å². The van der Waals surface area contributed by atoms with Gasteiger partial charge in [0, 0.05) is 24.6 Å². The molecule has 0 bridgehead atoms. The van der Waals surface area contributed by atoms with E-state index in [0.717, 1.165) is 41.2 Å². The van der Waals surface area contributed by atoms with Crippen molar-refractivity contribution in [2.45, 2.75) is 32.4 Å². The number of carbonyl (C=O) groups excluding carboxylic acids is 1. The number of para-hydroxylation sites is 2. The van der Waals surface area contributed by atoms with Gasteiger partial charge in [-0.15, -0.1) is 0 Å². The van der Waals surface area contributed by atoms with E-state index in [4.69, 9.17) is 4.74 Å². The standard InChI is InChI=1S/C26H26N4O2/c1-19-7-2-3-8-22(19)28-26(31)25-18-29(23-9-4-5-10-24(23)32-25)17-20-11-13-21(14-12-20)30-16-6-15-27-30/h3-6,8-16,25H,2,7,17-18H2,1H3,(H,28,31). The van der Waals surface area contributed by atoms with Crippen LogP contribution in [0.25, 0.3) is 5.69 Å². The number of hydrogen-bond acceptors (Lipinski definition) is 4. The molecule has 1 N–H and O–H groups in total. The van der Waals surface area contributed by atoms with E-state index in [1.54, 1.807) is 6.20 Å². The van der Waals surface area contributed by atoms with Gasteiger partial charge >= 0.3 is 0 Å². The average molecular weight is 427 g/mol. The number of benzene rings is 2. The summed E-state index contributed by atoms with van der Waals surface area (Å²) in [4.78, 5) is 15.3. The Morgan fingerprint density at radius 1 is 1.16 bits per heavy atom. The Kier molecular flexibility index (Phi) is 5.50. The predicted molar refractivity (Wildman–Crippen MR) is 125 cm³/mol. The smallest absolute Gasteiger partial charge is 0.267 e. The summed E-state index contributed by atoms with van der Waals surface area (Å²) in [6.07, 6.45) is 9.20. The maximum Gasteiger partial charge on any atom is 0.267 e. The minimum Gasteiger partial charge on any atom is -0.477 e. The zero-order valence-corrected chi connectivity index (χ0v) is 18.1. The Morgan fingerprint density at radius 2 is 2.00 bits per heavy atom. The second-order valence-corrected chi connectivity index (χ2v) is 8.20. The fourth-order valence-corrected chi connectivity index (χ4v) is 4.13. The van der Waals surface area contributed by atoms with Crippen molar-refractivity contribution < 1.29 is 9.53 Å². The van der Waals surface area contributed by atoms with Crippen LogP contribution in [0.5, 0.6) is 5.75 Å². The lowest BCUT2D eigenvalue weighted by molar-refractivity contribution is -0.127. The zero-order valence-electron chi connectivity index (χ0n) is 18.1. The van der Waals surface area contributed by atoms with Crippen molar-refractivity contribution in [1.82, 2.24) is 15.1 Å². The molecule has 1 aromatic heterocycles. The second-order valence-electron chi connectivity index (χ2n) is 8.20. The minimum atomic E-state index is -0.580. The quantitative estimate of drug-likeness (QED) is 0.658. The van der Waals surface area contributed by atoms with Gasteiger partial charge in [-0.05, 0) is 67.3 Å². The van der Waals surface area contributed by atoms with Crippen molar-refractivity contribution in [1.29, 1.82) is 0 Å². The summed E-state index contributed by atoms with van der Waals surface area (Å²) < 4.78 is 7.93. The van der Waals surface area contributed by atoms with E-state index < -0.39 is 6.10 Å². The van der Waals surface area contributed by atoms with Crippen LogP contribution < -0.4 is 15.0 Å². The molecular formula is C26H26N4O2. The van der Waals surface area contributed by atoms with Gasteiger partial charge in [-0.25, -0.2) is 4.68 Å². The van der Waals surface area contributed by atoms with Gasteiger partial charge in [0.1, 0.15) is 5.75 Å². The average Bonchev–Trinajstić information content (AvgIpc) is 3.36. The molecule has 0 saturated carbocycles. The Balaban J connectivity index is 1.34. The lowest BCUT2D eigenvalue weighted by atomic mass is 10.0. The summed E-state index contributed by atoms with van der Waals surface area (Å²) in [6.45, 7) is 3.24. The molecule has 1 atom stereocenters. The number of hydrogen-bond donors (Lipinski definition) is 1. The molecule has 1 aliphatic heterocycles. The molecule has 0 saturated heterocycles. The molecule has 1 unspecified atom stereocenters. The molecule has 6 nitrogen and oxygen atoms in total. The second kappa shape index (κ2) is 8.75. The molecule has 2 aromatic carbocycles. The van der Waals surface area contributed by atoms with E-state index >= 15 is 0 Å². The molecule has 2 aliphatic rings. The van der Waals surface area contributed by atoms with Crippen LogP contribution in [0.15, 0.2) is 90.4 Å². The Morgan fingerprint density at radius 3 is 2.78 bits per heavy atom. The lowest BCUT2D eigenvalue weighted by Gasteiger charge is -2.36. The number of nitrogens with zero attached hydrogens (tertiary/aromatic N) is 3. The Hall–Kier alpha value is -3.80. The molecule has 162 valence electrons. The van der Waals surface area contributed by atoms with Gasteiger partial charge in [0.2, 0.25) is 0 Å². The third-order valence-corrected chi connectivity index (χ3v) is 5.92. The van der Waals surface area contributed by atoms with Gasteiger partial charge in [0.15, 0.2) is 6.10 Å². The normalized spacial score (nSPS) is 17.7. The van der Waals surface area contributed by atoms with Gasteiger partial charge in [0.25, 0.3) is 5.91 Å². The molecule has 5 rings (SSSR count). The largest absolute Gasteiger partial charge is 0.477 e. The third-order valence-electron chi connectivity index (χ3n) is 5.92. The molecule has 0 fully saturated rings. The highest BCUT2D eigenvalue weighted by Crippen LogP contribution is 2.34. The van der Waals surface area contributed by atoms with Crippen molar-refractivity contribution in [3.8, 4) is 11.4 Å². The van der Waals surface area contributed by atoms with E-state index in [-0.39, 0.29) is 5.91 Å². The Bertz CT molecular complexity index is 1160. The van der Waals surface area contributed by atoms with E-state index in [9.17, 15) is 4.79 Å². The van der Waals surface area contributed by atoms with Crippen molar-refractivity contribution in [2.24, 2.45) is 0 Å². The summed E-state index contributed by atoms with van der Waals surface area (Å²) in [6, 6.07) is 18.1. The molecular weight excluding hydrogens is 400 g/mol. The number of amides is 1. The van der Waals surface area contributed by atoms with Crippen LogP contribution in [-0.2, 0) is 11.3 Å². The van der Waals surface area contributed by atoms with Crippen molar-refractivity contribution in [3.05, 3.63) is 96.0 Å². The first-order valence-corrected chi connectivity index (χ1v) is 10.9. The van der Waals surface area contributed by atoms with Gasteiger partial charge < -0.3 is 15.0 Å². The minimum absolute atomic E-state index is 0.112. The maximum atomic E-state index is 13.1. The first kappa shape index (κ1) is 20.1. The maximum absolute atomic E-state index is 13.1. The van der Waals surface area contributed by atoms with Crippen molar-refractivity contribution >= 4 is 11.6 Å². The van der Waals surface area contributed by atoms with Gasteiger partial charge in [-0.2, -0.15) is 5.10 Å². The number of nitrogens with one attached hydrogen (secondary N) is 1. The van der Waals surface area contributed by atoms with Gasteiger partial charge in [-0.3, -0.25) is 4.79 Å². The summed E-state index contributed by atoms with van der Waals surface area (Å²) >= 11 is 0. The van der Waals surface area contributed by atoms with Crippen LogP contribution in [0.3, 0.4) is 0 Å². The number of allylic oxidation sites excluding steroid dienone is 3. The van der Waals surface area contributed by atoms with Gasteiger partial charge in [-0.1, -0.05) is 30.3 Å². The van der Waals surface area contributed by atoms with Crippen molar-refractivity contribution in [2.75, 3.05) is 11.4 Å². The number of rotatable bonds is 5. The number of anilines is 1. The zero-order chi connectivity index (χ0) is 21.9. The summed E-state index contributed by atoms with van der Waals surface area (Å²) in [5, 5.41) is 7.35. The van der Waals surface area contributed by atoms with E-state index in [1.165, 1.54) is 5.57 Å². The molecule has 0 spiro atoms. The fourth-order valence-electron chi connectivity index (χ4n) is 4.13. The SMILES string of the molecule is CC1=C(NC(=O)C2CN(Cc3ccc(-n4cccn4)cc3)c3ccccc3O2)C=CCC1. The molecule has 32 heavy (non-hydrogen) atoms. The van der Waals surface area contributed by atoms with E-state index in [1.807, 2.05) is 47.3 Å². The summed E-state index contributed by atoms with van der Waals surface area (Å²) in [5.41, 5.74) is 5.27. The molecule has 3 aromatic rings. The summed E-state index contributed by atoms with van der Waals surface area (Å²) in [7, 11) is 0. The van der Waals surface area contributed by atoms with Gasteiger partial charge in [0.05, 0.1) is 17.9 Å². The highest BCUT2D eigenvalue weighted by Gasteiger charge is 2.31. The number of fused-ring (bicyclic) bond motifs is 1. The van der Waals surface area contributed by atoms with Crippen LogP contribution in [0.1, 0.15) is 25.3 Å². The highest BCUT2D eigenvalue weighted by atomic mass is 16.5. The molecule has 6 heteroatoms. The van der Waals surface area contributed by atoms with Crippen LogP contribution in [0.2, 0.25) is 0 Å². The van der Waals surface area contributed by atoms with Crippen LogP contribution in [0, 0.1) is 0 Å². The van der Waals surface area contributed by atoms with E-state index in [0.29, 0.717) is 13.1 Å². The molecule has 0 radical (unpaired) electrons. The molecule has 1 aliphatic carbocycles. The number of ether oxygens (including phenoxy) is 1. The summed E-state index contributed by atoms with van der Waals surface area (Å²) in [5.74, 6) is 0.622. The van der Waals surface area contributed by atoms with Crippen LogP contribution in [0.4, 0.5) is 5.69 Å². The van der Waals surface area contributed by atoms with Crippen molar-refractivity contribution in [3.63, 3.8) is 0 Å². The number of aromatic nitrogens is 2. The molecule has 1 amide bonds. The molecule has 2 heterocycles. The van der Waals surface area contributed by atoms with Crippen LogP contribution in [-0.4, -0.2) is 28.3 Å². The highest BCUT2D eigenvalue weighted by molar-refractivity contribution is 5.85. The lowest BCUT2D eigenvalue weighted by Crippen LogP contribution is -2.48. The first-order chi connectivity index (χ1) is 15.7. The predicted octanol–water partition coefficient (Wildman–Crippen LogP) is 4.38. The topological polar surface area (TPSA) is 59.4 Å². The third kappa shape index (κ3) is 4.17. The van der Waals surface area contributed by atoms with Crippen LogP contribution >= 0.6 is 0 Å². The fraction of sp³-hybridized carbons (Fsp3) is 0.231. The number of carbonyl (C=O) groups is 1. The monoisotopic (exact) mass is 426 g/mol. The Labute approximate surface area is 187 Å².